The molecule has 0 heterocycles. The molecule has 0 saturated heterocycles. The van der Waals surface area contributed by atoms with E-state index in [0.29, 0.717) is 0 Å². The molecule has 4 atom stereocenters. The topological polar surface area (TPSA) is 74.6 Å². The highest BCUT2D eigenvalue weighted by Gasteiger charge is 2.24. The van der Waals surface area contributed by atoms with Crippen molar-refractivity contribution in [3.8, 4) is 0 Å². The fourth-order valence-electron chi connectivity index (χ4n) is 1.87. The van der Waals surface area contributed by atoms with E-state index in [0.717, 1.165) is 5.41 Å². The van der Waals surface area contributed by atoms with Gasteiger partial charge in [0.05, 0.1) is 17.1 Å². The lowest BCUT2D eigenvalue weighted by Crippen LogP contribution is -2.32. The lowest BCUT2D eigenvalue weighted by molar-refractivity contribution is 0.0241. The maximum atomic E-state index is 12.0. The molecule has 0 bridgehead atoms. The second-order valence-electron chi connectivity index (χ2n) is 5.12. The summed E-state index contributed by atoms with van der Waals surface area (Å²) < 4.78 is 24.1. The van der Waals surface area contributed by atoms with Crippen molar-refractivity contribution in [2.45, 2.75) is 31.0 Å². The van der Waals surface area contributed by atoms with Crippen LogP contribution >= 0.6 is 0 Å². The quantitative estimate of drug-likeness (QED) is 0.757. The molecule has 0 aromatic heterocycles. The Morgan fingerprint density at radius 3 is 2.24 bits per heavy atom. The third-order valence-corrected chi connectivity index (χ3v) is 4.96. The minimum Gasteiger partial charge on any atom is -0.392 e. The molecule has 0 unspecified atom stereocenters. The van der Waals surface area contributed by atoms with Crippen LogP contribution in [0.2, 0.25) is 0 Å². The second-order valence-corrected chi connectivity index (χ2v) is 6.96. The first-order valence-corrected chi connectivity index (χ1v) is 8.31. The number of hydrogen-bond acceptors (Lipinski definition) is 4. The summed E-state index contributed by atoms with van der Waals surface area (Å²) in [4.78, 5) is 0.168. The fraction of sp³-hybridized carbons (Fsp3) is 0.375. The molecule has 0 saturated carbocycles. The summed E-state index contributed by atoms with van der Waals surface area (Å²) in [6.07, 6.45) is 0.951. The van der Waals surface area contributed by atoms with Gasteiger partial charge in [-0.25, -0.2) is 8.42 Å². The molecular formula is C16H22O4S. The van der Waals surface area contributed by atoms with E-state index in [-0.39, 0.29) is 10.8 Å². The largest absolute Gasteiger partial charge is 0.392 e. The maximum Gasteiger partial charge on any atom is 0.199 e. The van der Waals surface area contributed by atoms with E-state index in [4.69, 9.17) is 0 Å². The van der Waals surface area contributed by atoms with Crippen LogP contribution < -0.4 is 0 Å². The highest BCUT2D eigenvalue weighted by molar-refractivity contribution is 7.94. The summed E-state index contributed by atoms with van der Waals surface area (Å²) in [5, 5.41) is 21.0. The van der Waals surface area contributed by atoms with E-state index in [1.165, 1.54) is 18.2 Å². The molecule has 0 amide bonds. The molecule has 5 heteroatoms. The first-order chi connectivity index (χ1) is 9.79. The van der Waals surface area contributed by atoms with Gasteiger partial charge in [0.2, 0.25) is 0 Å². The van der Waals surface area contributed by atoms with Gasteiger partial charge in [0.15, 0.2) is 9.84 Å². The molecule has 4 nitrogen and oxygen atoms in total. The van der Waals surface area contributed by atoms with Gasteiger partial charge in [0.25, 0.3) is 0 Å². The maximum absolute atomic E-state index is 12.0. The smallest absolute Gasteiger partial charge is 0.199 e. The molecule has 21 heavy (non-hydrogen) atoms. The van der Waals surface area contributed by atoms with E-state index in [1.54, 1.807) is 38.1 Å². The Morgan fingerprint density at radius 1 is 1.14 bits per heavy atom. The van der Waals surface area contributed by atoms with Gasteiger partial charge in [-0.2, -0.15) is 0 Å². The van der Waals surface area contributed by atoms with Crippen molar-refractivity contribution < 1.29 is 18.6 Å². The van der Waals surface area contributed by atoms with Gasteiger partial charge in [-0.15, -0.1) is 6.58 Å². The zero-order valence-electron chi connectivity index (χ0n) is 12.3. The van der Waals surface area contributed by atoms with Crippen molar-refractivity contribution in [2.75, 3.05) is 0 Å². The minimum atomic E-state index is -3.58. The van der Waals surface area contributed by atoms with Gasteiger partial charge in [0.1, 0.15) is 0 Å². The molecule has 0 aliphatic rings. The summed E-state index contributed by atoms with van der Waals surface area (Å²) in [5.74, 6) is -0.686. The Labute approximate surface area is 126 Å². The molecule has 0 radical (unpaired) electrons. The van der Waals surface area contributed by atoms with E-state index < -0.39 is 28.0 Å². The van der Waals surface area contributed by atoms with Crippen LogP contribution in [0.1, 0.15) is 13.8 Å². The van der Waals surface area contributed by atoms with Crippen LogP contribution in [0.25, 0.3) is 0 Å². The molecule has 1 aromatic carbocycles. The molecule has 0 fully saturated rings. The van der Waals surface area contributed by atoms with E-state index >= 15 is 0 Å². The van der Waals surface area contributed by atoms with E-state index in [9.17, 15) is 18.6 Å². The van der Waals surface area contributed by atoms with Gasteiger partial charge < -0.3 is 10.2 Å². The highest BCUT2D eigenvalue weighted by Crippen LogP contribution is 2.19. The number of aliphatic hydroxyl groups excluding tert-OH is 2. The summed E-state index contributed by atoms with van der Waals surface area (Å²) in [6, 6.07) is 7.98. The molecular weight excluding hydrogens is 288 g/mol. The zero-order valence-corrected chi connectivity index (χ0v) is 13.1. The molecule has 1 rings (SSSR count). The van der Waals surface area contributed by atoms with Crippen LogP contribution in [0.3, 0.4) is 0 Å². The highest BCUT2D eigenvalue weighted by atomic mass is 32.2. The average molecular weight is 310 g/mol. The van der Waals surface area contributed by atoms with Gasteiger partial charge in [-0.3, -0.25) is 0 Å². The molecule has 2 N–H and O–H groups in total. The lowest BCUT2D eigenvalue weighted by Gasteiger charge is -2.25. The van der Waals surface area contributed by atoms with E-state index in [1.807, 2.05) is 0 Å². The third-order valence-electron chi connectivity index (χ3n) is 3.51. The van der Waals surface area contributed by atoms with Crippen LogP contribution in [0, 0.1) is 11.8 Å². The lowest BCUT2D eigenvalue weighted by atomic mass is 9.89. The van der Waals surface area contributed by atoms with Crippen LogP contribution in [0.15, 0.2) is 59.4 Å². The first kappa shape index (κ1) is 17.6. The monoisotopic (exact) mass is 310 g/mol. The van der Waals surface area contributed by atoms with Crippen molar-refractivity contribution in [1.29, 1.82) is 0 Å². The second kappa shape index (κ2) is 7.54. The average Bonchev–Trinajstić information content (AvgIpc) is 2.51. The van der Waals surface area contributed by atoms with Gasteiger partial charge in [-0.1, -0.05) is 38.1 Å². The van der Waals surface area contributed by atoms with Crippen molar-refractivity contribution in [1.82, 2.24) is 0 Å². The predicted molar refractivity (Wildman–Crippen MR) is 83.3 cm³/mol. The number of rotatable bonds is 7. The third kappa shape index (κ3) is 4.81. The molecule has 0 aliphatic heterocycles. The number of aliphatic hydroxyl groups is 2. The number of hydrogen-bond donors (Lipinski definition) is 2. The Balaban J connectivity index is 2.82. The molecule has 0 aliphatic carbocycles. The fourth-order valence-corrected chi connectivity index (χ4v) is 2.93. The Bertz CT molecular complexity index is 578. The van der Waals surface area contributed by atoms with Gasteiger partial charge in [-0.05, 0) is 18.2 Å². The van der Waals surface area contributed by atoms with Crippen LogP contribution in [0.5, 0.6) is 0 Å². The van der Waals surface area contributed by atoms with Gasteiger partial charge in [0, 0.05) is 17.2 Å². The van der Waals surface area contributed by atoms with Gasteiger partial charge >= 0.3 is 0 Å². The SMILES string of the molecule is C=C[C@H](C)[C@H](O)[C@H](C)[C@@H](O)/C=C/S(=O)(=O)c1ccccc1. The van der Waals surface area contributed by atoms with Crippen molar-refractivity contribution >= 4 is 9.84 Å². The van der Waals surface area contributed by atoms with E-state index in [2.05, 4.69) is 6.58 Å². The normalized spacial score (nSPS) is 18.1. The Hall–Kier alpha value is -1.43. The van der Waals surface area contributed by atoms with Crippen LogP contribution in [-0.2, 0) is 9.84 Å². The van der Waals surface area contributed by atoms with Crippen molar-refractivity contribution in [2.24, 2.45) is 11.8 Å². The zero-order chi connectivity index (χ0) is 16.0. The first-order valence-electron chi connectivity index (χ1n) is 6.76. The molecule has 0 spiro atoms. The predicted octanol–water partition coefficient (Wildman–Crippen LogP) is 2.15. The summed E-state index contributed by atoms with van der Waals surface area (Å²) >= 11 is 0. The Kier molecular flexibility index (Phi) is 6.33. The number of sulfone groups is 1. The summed E-state index contributed by atoms with van der Waals surface area (Å²) in [5.41, 5.74) is 0. The molecule has 116 valence electrons. The standard InChI is InChI=1S/C16H22O4S/c1-4-12(2)16(18)13(3)15(17)10-11-21(19,20)14-8-6-5-7-9-14/h4-13,15-18H,1H2,2-3H3/b11-10+/t12-,13+,15-,16-/m0/s1. The summed E-state index contributed by atoms with van der Waals surface area (Å²) in [7, 11) is -3.58. The van der Waals surface area contributed by atoms with Crippen LogP contribution in [0.4, 0.5) is 0 Å². The Morgan fingerprint density at radius 2 is 1.71 bits per heavy atom. The summed E-state index contributed by atoms with van der Waals surface area (Å²) in [6.45, 7) is 7.04. The minimum absolute atomic E-state index is 0.168. The molecule has 1 aromatic rings. The number of benzene rings is 1. The van der Waals surface area contributed by atoms with Crippen molar-refractivity contribution in [3.63, 3.8) is 0 Å². The van der Waals surface area contributed by atoms with Crippen LogP contribution in [-0.4, -0.2) is 30.8 Å². The van der Waals surface area contributed by atoms with Crippen molar-refractivity contribution in [3.05, 3.63) is 54.5 Å².